The SMILES string of the molecule is COc1ccc(Cl)cc1NC(=O)c1csc(C2CCN(C(=O)C#Cc3ccccc3)CC2)n1. The maximum Gasteiger partial charge on any atom is 0.298 e. The summed E-state index contributed by atoms with van der Waals surface area (Å²) >= 11 is 7.50. The molecule has 1 aromatic heterocycles. The number of ether oxygens (including phenoxy) is 1. The number of amides is 2. The fourth-order valence-electron chi connectivity index (χ4n) is 3.60. The standard InChI is InChI=1S/C25H22ClN3O3S/c1-32-22-9-8-19(26)15-20(22)27-24(31)21-16-33-25(28-21)18-11-13-29(14-12-18)23(30)10-7-17-5-3-2-4-6-17/h2-6,8-9,15-16,18H,11-14H2,1H3,(H,27,31). The van der Waals surface area contributed by atoms with Crippen LogP contribution in [0.25, 0.3) is 0 Å². The number of carbonyl (C=O) groups excluding carboxylic acids is 2. The number of aromatic nitrogens is 1. The van der Waals surface area contributed by atoms with Gasteiger partial charge in [-0.15, -0.1) is 11.3 Å². The van der Waals surface area contributed by atoms with Crippen LogP contribution >= 0.6 is 22.9 Å². The monoisotopic (exact) mass is 479 g/mol. The van der Waals surface area contributed by atoms with Gasteiger partial charge in [0.2, 0.25) is 0 Å². The Balaban J connectivity index is 1.34. The van der Waals surface area contributed by atoms with Gasteiger partial charge in [-0.2, -0.15) is 0 Å². The van der Waals surface area contributed by atoms with Gasteiger partial charge in [0.25, 0.3) is 11.8 Å². The molecule has 0 spiro atoms. The van der Waals surface area contributed by atoms with E-state index in [2.05, 4.69) is 22.1 Å². The normalized spacial score (nSPS) is 13.7. The van der Waals surface area contributed by atoms with Gasteiger partial charge in [0.15, 0.2) is 0 Å². The van der Waals surface area contributed by atoms with E-state index >= 15 is 0 Å². The third-order valence-corrected chi connectivity index (χ3v) is 6.63. The van der Waals surface area contributed by atoms with Crippen molar-refractivity contribution in [1.29, 1.82) is 0 Å². The zero-order valence-electron chi connectivity index (χ0n) is 18.0. The molecule has 0 saturated carbocycles. The van der Waals surface area contributed by atoms with Gasteiger partial charge in [0.05, 0.1) is 17.8 Å². The van der Waals surface area contributed by atoms with Crippen LogP contribution in [0.1, 0.15) is 39.8 Å². The number of piperidine rings is 1. The number of hydrogen-bond acceptors (Lipinski definition) is 5. The Hall–Kier alpha value is -3.34. The summed E-state index contributed by atoms with van der Waals surface area (Å²) < 4.78 is 5.28. The molecule has 1 aliphatic rings. The maximum absolute atomic E-state index is 12.7. The highest BCUT2D eigenvalue weighted by Crippen LogP contribution is 2.31. The summed E-state index contributed by atoms with van der Waals surface area (Å²) in [6.07, 6.45) is 1.57. The fraction of sp³-hybridized carbons (Fsp3) is 0.240. The summed E-state index contributed by atoms with van der Waals surface area (Å²) in [5.74, 6) is 5.91. The van der Waals surface area contributed by atoms with Crippen molar-refractivity contribution < 1.29 is 14.3 Å². The minimum Gasteiger partial charge on any atom is -0.495 e. The Kier molecular flexibility index (Phi) is 7.28. The van der Waals surface area contributed by atoms with Crippen LogP contribution in [0.2, 0.25) is 5.02 Å². The second kappa shape index (κ2) is 10.5. The van der Waals surface area contributed by atoms with Gasteiger partial charge in [-0.1, -0.05) is 35.7 Å². The van der Waals surface area contributed by atoms with Crippen molar-refractivity contribution in [2.24, 2.45) is 0 Å². The molecule has 6 nitrogen and oxygen atoms in total. The van der Waals surface area contributed by atoms with Crippen LogP contribution in [0.4, 0.5) is 5.69 Å². The smallest absolute Gasteiger partial charge is 0.298 e. The van der Waals surface area contributed by atoms with Gasteiger partial charge in [-0.25, -0.2) is 4.98 Å². The molecule has 0 unspecified atom stereocenters. The lowest BCUT2D eigenvalue weighted by Gasteiger charge is -2.29. The molecule has 1 N–H and O–H groups in total. The van der Waals surface area contributed by atoms with Crippen molar-refractivity contribution in [3.05, 3.63) is 75.2 Å². The second-order valence-electron chi connectivity index (χ2n) is 7.55. The van der Waals surface area contributed by atoms with E-state index in [1.165, 1.54) is 18.4 Å². The van der Waals surface area contributed by atoms with Gasteiger partial charge in [-0.3, -0.25) is 9.59 Å². The van der Waals surface area contributed by atoms with Crippen LogP contribution in [-0.2, 0) is 4.79 Å². The summed E-state index contributed by atoms with van der Waals surface area (Å²) in [6.45, 7) is 1.24. The van der Waals surface area contributed by atoms with Crippen LogP contribution < -0.4 is 10.1 Å². The van der Waals surface area contributed by atoms with E-state index in [1.807, 2.05) is 30.3 Å². The molecule has 2 aromatic carbocycles. The Morgan fingerprint density at radius 1 is 1.18 bits per heavy atom. The minimum atomic E-state index is -0.318. The molecule has 1 saturated heterocycles. The predicted molar refractivity (Wildman–Crippen MR) is 130 cm³/mol. The van der Waals surface area contributed by atoms with Crippen LogP contribution in [0.15, 0.2) is 53.9 Å². The molecule has 0 radical (unpaired) electrons. The summed E-state index contributed by atoms with van der Waals surface area (Å²) in [6, 6.07) is 14.5. The van der Waals surface area contributed by atoms with E-state index in [0.29, 0.717) is 35.2 Å². The minimum absolute atomic E-state index is 0.160. The lowest BCUT2D eigenvalue weighted by atomic mass is 9.97. The van der Waals surface area contributed by atoms with Gasteiger partial charge in [-0.05, 0) is 43.2 Å². The predicted octanol–water partition coefficient (Wildman–Crippen LogP) is 4.82. The highest BCUT2D eigenvalue weighted by molar-refractivity contribution is 7.10. The highest BCUT2D eigenvalue weighted by atomic mass is 35.5. The molecule has 0 aliphatic carbocycles. The summed E-state index contributed by atoms with van der Waals surface area (Å²) in [5, 5.41) is 5.97. The van der Waals surface area contributed by atoms with Gasteiger partial charge >= 0.3 is 0 Å². The van der Waals surface area contributed by atoms with E-state index in [1.54, 1.807) is 28.5 Å². The average Bonchev–Trinajstić information content (AvgIpc) is 3.34. The zero-order chi connectivity index (χ0) is 23.2. The summed E-state index contributed by atoms with van der Waals surface area (Å²) in [4.78, 5) is 31.4. The molecule has 3 aromatic rings. The molecule has 1 aliphatic heterocycles. The molecule has 0 bridgehead atoms. The van der Waals surface area contributed by atoms with E-state index in [4.69, 9.17) is 16.3 Å². The van der Waals surface area contributed by atoms with Crippen LogP contribution in [0, 0.1) is 11.8 Å². The van der Waals surface area contributed by atoms with Gasteiger partial charge < -0.3 is 15.0 Å². The van der Waals surface area contributed by atoms with Crippen LogP contribution in [-0.4, -0.2) is 41.9 Å². The number of methoxy groups -OCH3 is 1. The van der Waals surface area contributed by atoms with E-state index in [0.717, 1.165) is 23.4 Å². The first-order valence-electron chi connectivity index (χ1n) is 10.5. The number of thiazole rings is 1. The number of hydrogen-bond donors (Lipinski definition) is 1. The van der Waals surface area contributed by atoms with Crippen molar-refractivity contribution in [3.8, 4) is 17.6 Å². The van der Waals surface area contributed by atoms with Gasteiger partial charge in [0, 0.05) is 40.9 Å². The first-order chi connectivity index (χ1) is 16.0. The molecule has 2 heterocycles. The Morgan fingerprint density at radius 3 is 2.67 bits per heavy atom. The number of benzene rings is 2. The van der Waals surface area contributed by atoms with Gasteiger partial charge in [0.1, 0.15) is 11.4 Å². The molecular formula is C25H22ClN3O3S. The van der Waals surface area contributed by atoms with E-state index in [9.17, 15) is 9.59 Å². The molecule has 33 heavy (non-hydrogen) atoms. The zero-order valence-corrected chi connectivity index (χ0v) is 19.6. The summed E-state index contributed by atoms with van der Waals surface area (Å²) in [5.41, 5.74) is 1.67. The van der Waals surface area contributed by atoms with E-state index in [-0.39, 0.29) is 17.7 Å². The van der Waals surface area contributed by atoms with Crippen molar-refractivity contribution in [2.45, 2.75) is 18.8 Å². The number of carbonyl (C=O) groups is 2. The molecular weight excluding hydrogens is 458 g/mol. The number of anilines is 1. The largest absolute Gasteiger partial charge is 0.495 e. The highest BCUT2D eigenvalue weighted by Gasteiger charge is 2.26. The third-order valence-electron chi connectivity index (χ3n) is 5.38. The molecule has 1 fully saturated rings. The maximum atomic E-state index is 12.7. The quantitative estimate of drug-likeness (QED) is 0.545. The van der Waals surface area contributed by atoms with E-state index < -0.39 is 0 Å². The number of halogens is 1. The molecule has 4 rings (SSSR count). The third kappa shape index (κ3) is 5.72. The summed E-state index contributed by atoms with van der Waals surface area (Å²) in [7, 11) is 1.53. The topological polar surface area (TPSA) is 71.5 Å². The van der Waals surface area contributed by atoms with Crippen molar-refractivity contribution in [3.63, 3.8) is 0 Å². The molecule has 2 amide bonds. The van der Waals surface area contributed by atoms with Crippen molar-refractivity contribution in [2.75, 3.05) is 25.5 Å². The molecule has 8 heteroatoms. The second-order valence-corrected chi connectivity index (χ2v) is 8.88. The first kappa shape index (κ1) is 22.8. The molecule has 0 atom stereocenters. The molecule has 168 valence electrons. The van der Waals surface area contributed by atoms with Crippen molar-refractivity contribution >= 4 is 40.4 Å². The number of nitrogens with one attached hydrogen (secondary N) is 1. The number of likely N-dealkylation sites (tertiary alicyclic amines) is 1. The Bertz CT molecular complexity index is 1210. The number of rotatable bonds is 4. The van der Waals surface area contributed by atoms with Crippen LogP contribution in [0.5, 0.6) is 5.75 Å². The number of nitrogens with zero attached hydrogens (tertiary/aromatic N) is 2. The van der Waals surface area contributed by atoms with Crippen LogP contribution in [0.3, 0.4) is 0 Å². The lowest BCUT2D eigenvalue weighted by Crippen LogP contribution is -2.37. The van der Waals surface area contributed by atoms with Crippen molar-refractivity contribution in [1.82, 2.24) is 9.88 Å². The fourth-order valence-corrected chi connectivity index (χ4v) is 4.74. The average molecular weight is 480 g/mol. The lowest BCUT2D eigenvalue weighted by molar-refractivity contribution is -0.126. The Morgan fingerprint density at radius 2 is 1.94 bits per heavy atom. The first-order valence-corrected chi connectivity index (χ1v) is 11.8. The Labute approximate surface area is 201 Å².